The van der Waals surface area contributed by atoms with E-state index in [0.717, 1.165) is 12.0 Å². The van der Waals surface area contributed by atoms with E-state index in [-0.39, 0.29) is 24.3 Å². The summed E-state index contributed by atoms with van der Waals surface area (Å²) in [6, 6.07) is 4.95. The summed E-state index contributed by atoms with van der Waals surface area (Å²) in [5.74, 6) is 0.295. The second kappa shape index (κ2) is 8.71. The van der Waals surface area contributed by atoms with E-state index in [1.807, 2.05) is 6.07 Å². The van der Waals surface area contributed by atoms with Crippen LogP contribution in [0.2, 0.25) is 0 Å². The van der Waals surface area contributed by atoms with Crippen molar-refractivity contribution in [3.63, 3.8) is 0 Å². The molecule has 0 fully saturated rings. The van der Waals surface area contributed by atoms with Gasteiger partial charge in [-0.05, 0) is 43.4 Å². The Morgan fingerprint density at radius 3 is 2.80 bits per heavy atom. The summed E-state index contributed by atoms with van der Waals surface area (Å²) in [7, 11) is 0. The second-order valence-corrected chi connectivity index (χ2v) is 6.41. The molecule has 0 amide bonds. The van der Waals surface area contributed by atoms with Gasteiger partial charge in [-0.25, -0.2) is 14.2 Å². The van der Waals surface area contributed by atoms with E-state index in [1.54, 1.807) is 19.9 Å². The second-order valence-electron chi connectivity index (χ2n) is 6.41. The van der Waals surface area contributed by atoms with Crippen molar-refractivity contribution in [2.45, 2.75) is 46.7 Å². The molecule has 0 saturated heterocycles. The predicted octanol–water partition coefficient (Wildman–Crippen LogP) is 3.31. The Morgan fingerprint density at radius 1 is 1.40 bits per heavy atom. The maximum atomic E-state index is 13.4. The van der Waals surface area contributed by atoms with Gasteiger partial charge in [0.15, 0.2) is 0 Å². The summed E-state index contributed by atoms with van der Waals surface area (Å²) >= 11 is 0. The van der Waals surface area contributed by atoms with Crippen molar-refractivity contribution in [2.24, 2.45) is 5.92 Å². The van der Waals surface area contributed by atoms with Crippen molar-refractivity contribution >= 4 is 5.97 Å². The van der Waals surface area contributed by atoms with Gasteiger partial charge in [0, 0.05) is 6.54 Å². The molecule has 2 N–H and O–H groups in total. The zero-order valence-electron chi connectivity index (χ0n) is 15.1. The minimum absolute atomic E-state index is 0.0324. The summed E-state index contributed by atoms with van der Waals surface area (Å²) in [4.78, 5) is 16.0. The molecule has 0 spiro atoms. The molecule has 2 rings (SSSR count). The number of aromatic nitrogens is 3. The van der Waals surface area contributed by atoms with Crippen LogP contribution < -0.4 is 5.32 Å². The van der Waals surface area contributed by atoms with Gasteiger partial charge in [-0.1, -0.05) is 26.0 Å². The summed E-state index contributed by atoms with van der Waals surface area (Å²) in [6.07, 6.45) is 0.817. The lowest BCUT2D eigenvalue weighted by molar-refractivity contribution is 0.0512. The summed E-state index contributed by atoms with van der Waals surface area (Å²) in [5.41, 5.74) is 1.60. The smallest absolute Gasteiger partial charge is 0.378 e. The average Bonchev–Trinajstić information content (AvgIpc) is 3.04. The highest BCUT2D eigenvalue weighted by molar-refractivity contribution is 5.84. The van der Waals surface area contributed by atoms with Crippen LogP contribution in [0, 0.1) is 18.7 Å². The third-order valence-corrected chi connectivity index (χ3v) is 3.77. The monoisotopic (exact) mass is 348 g/mol. The van der Waals surface area contributed by atoms with Gasteiger partial charge in [0.05, 0.1) is 12.6 Å². The standard InChI is InChI=1S/C18H25FN4O2/c1-5-25-18(24)17-21-16(22-23-17)15(8-11(2)3)20-10-13-6-7-14(19)12(4)9-13/h6-7,9,11,15,20H,5,8,10H2,1-4H3,(H,21,22,23)/t15-/m1/s1. The fourth-order valence-corrected chi connectivity index (χ4v) is 2.54. The highest BCUT2D eigenvalue weighted by Crippen LogP contribution is 2.19. The van der Waals surface area contributed by atoms with Gasteiger partial charge in [-0.3, -0.25) is 5.10 Å². The molecule has 7 heteroatoms. The van der Waals surface area contributed by atoms with Crippen molar-refractivity contribution in [3.05, 3.63) is 46.8 Å². The van der Waals surface area contributed by atoms with E-state index in [4.69, 9.17) is 4.74 Å². The number of benzene rings is 1. The van der Waals surface area contributed by atoms with Crippen LogP contribution in [0.3, 0.4) is 0 Å². The van der Waals surface area contributed by atoms with E-state index >= 15 is 0 Å². The normalized spacial score (nSPS) is 12.4. The number of rotatable bonds is 8. The summed E-state index contributed by atoms with van der Waals surface area (Å²) in [5, 5.41) is 10.2. The number of halogens is 1. The Morgan fingerprint density at radius 2 is 2.16 bits per heavy atom. The van der Waals surface area contributed by atoms with Gasteiger partial charge in [-0.2, -0.15) is 0 Å². The molecule has 0 aliphatic heterocycles. The first kappa shape index (κ1) is 19.1. The van der Waals surface area contributed by atoms with Crippen LogP contribution in [0.5, 0.6) is 0 Å². The zero-order chi connectivity index (χ0) is 18.4. The molecule has 2 aromatic rings. The van der Waals surface area contributed by atoms with Crippen LogP contribution in [0.4, 0.5) is 4.39 Å². The fraction of sp³-hybridized carbons (Fsp3) is 0.500. The lowest BCUT2D eigenvalue weighted by atomic mass is 10.0. The average molecular weight is 348 g/mol. The van der Waals surface area contributed by atoms with Crippen molar-refractivity contribution in [1.29, 1.82) is 0 Å². The molecular formula is C18H25FN4O2. The third-order valence-electron chi connectivity index (χ3n) is 3.77. The number of hydrogen-bond donors (Lipinski definition) is 2. The first-order valence-electron chi connectivity index (χ1n) is 8.48. The van der Waals surface area contributed by atoms with E-state index in [1.165, 1.54) is 6.07 Å². The lowest BCUT2D eigenvalue weighted by Gasteiger charge is -2.18. The van der Waals surface area contributed by atoms with Crippen molar-refractivity contribution < 1.29 is 13.9 Å². The maximum Gasteiger partial charge on any atom is 0.378 e. The molecule has 0 unspecified atom stereocenters. The van der Waals surface area contributed by atoms with E-state index in [9.17, 15) is 9.18 Å². The highest BCUT2D eigenvalue weighted by Gasteiger charge is 2.20. The molecule has 0 bridgehead atoms. The van der Waals surface area contributed by atoms with Gasteiger partial charge in [-0.15, -0.1) is 5.10 Å². The number of nitrogens with one attached hydrogen (secondary N) is 2. The number of H-pyrrole nitrogens is 1. The maximum absolute atomic E-state index is 13.4. The minimum atomic E-state index is -0.539. The number of ether oxygens (including phenoxy) is 1. The molecule has 1 atom stereocenters. The molecule has 0 saturated carbocycles. The first-order chi connectivity index (χ1) is 11.9. The Balaban J connectivity index is 2.10. The fourth-order valence-electron chi connectivity index (χ4n) is 2.54. The molecule has 1 aromatic heterocycles. The topological polar surface area (TPSA) is 79.9 Å². The van der Waals surface area contributed by atoms with Crippen LogP contribution in [0.25, 0.3) is 0 Å². The minimum Gasteiger partial charge on any atom is -0.460 e. The van der Waals surface area contributed by atoms with Crippen molar-refractivity contribution in [2.75, 3.05) is 6.61 Å². The van der Waals surface area contributed by atoms with E-state index in [0.29, 0.717) is 23.9 Å². The molecule has 0 aliphatic rings. The summed E-state index contributed by atoms with van der Waals surface area (Å²) in [6.45, 7) is 8.54. The van der Waals surface area contributed by atoms with Crippen LogP contribution in [0.1, 0.15) is 60.8 Å². The number of aromatic amines is 1. The molecule has 0 aliphatic carbocycles. The van der Waals surface area contributed by atoms with E-state index in [2.05, 4.69) is 34.3 Å². The lowest BCUT2D eigenvalue weighted by Crippen LogP contribution is -2.24. The number of esters is 1. The first-order valence-corrected chi connectivity index (χ1v) is 8.48. The van der Waals surface area contributed by atoms with E-state index < -0.39 is 5.97 Å². The zero-order valence-corrected chi connectivity index (χ0v) is 15.1. The van der Waals surface area contributed by atoms with Crippen molar-refractivity contribution in [1.82, 2.24) is 20.5 Å². The number of carbonyl (C=O) groups excluding carboxylic acids is 1. The SMILES string of the molecule is CCOC(=O)c1n[nH]c([C@@H](CC(C)C)NCc2ccc(F)c(C)c2)n1. The van der Waals surface area contributed by atoms with Gasteiger partial charge in [0.2, 0.25) is 0 Å². The Bertz CT molecular complexity index is 715. The molecule has 1 aromatic carbocycles. The number of nitrogens with zero attached hydrogens (tertiary/aromatic N) is 2. The molecule has 0 radical (unpaired) electrons. The number of aryl methyl sites for hydroxylation is 1. The Hall–Kier alpha value is -2.28. The Kier molecular flexibility index (Phi) is 6.64. The third kappa shape index (κ3) is 5.35. The Labute approximate surface area is 147 Å². The molecular weight excluding hydrogens is 323 g/mol. The van der Waals surface area contributed by atoms with Crippen LogP contribution >= 0.6 is 0 Å². The predicted molar refractivity (Wildman–Crippen MR) is 92.5 cm³/mol. The largest absolute Gasteiger partial charge is 0.460 e. The van der Waals surface area contributed by atoms with Gasteiger partial charge >= 0.3 is 5.97 Å². The van der Waals surface area contributed by atoms with Gasteiger partial charge in [0.1, 0.15) is 11.6 Å². The van der Waals surface area contributed by atoms with Gasteiger partial charge in [0.25, 0.3) is 5.82 Å². The number of hydrogen-bond acceptors (Lipinski definition) is 5. The van der Waals surface area contributed by atoms with Crippen molar-refractivity contribution in [3.8, 4) is 0 Å². The van der Waals surface area contributed by atoms with Gasteiger partial charge < -0.3 is 10.1 Å². The molecule has 6 nitrogen and oxygen atoms in total. The molecule has 136 valence electrons. The molecule has 25 heavy (non-hydrogen) atoms. The number of carbonyl (C=O) groups is 1. The molecule has 1 heterocycles. The van der Waals surface area contributed by atoms with Crippen LogP contribution in [-0.2, 0) is 11.3 Å². The highest BCUT2D eigenvalue weighted by atomic mass is 19.1. The van der Waals surface area contributed by atoms with Crippen LogP contribution in [-0.4, -0.2) is 27.8 Å². The quantitative estimate of drug-likeness (QED) is 0.716. The summed E-state index contributed by atoms with van der Waals surface area (Å²) < 4.78 is 18.3. The van der Waals surface area contributed by atoms with Crippen LogP contribution in [0.15, 0.2) is 18.2 Å².